The highest BCUT2D eigenvalue weighted by Gasteiger charge is 2.31. The molecule has 0 aliphatic carbocycles. The van der Waals surface area contributed by atoms with E-state index in [0.29, 0.717) is 31.5 Å². The molecular weight excluding hydrogens is 276 g/mol. The lowest BCUT2D eigenvalue weighted by molar-refractivity contribution is -0.385. The van der Waals surface area contributed by atoms with Gasteiger partial charge in [-0.15, -0.1) is 0 Å². The highest BCUT2D eigenvalue weighted by Crippen LogP contribution is 2.26. The van der Waals surface area contributed by atoms with Gasteiger partial charge in [-0.2, -0.15) is 0 Å². The Balaban J connectivity index is 2.20. The summed E-state index contributed by atoms with van der Waals surface area (Å²) in [5.41, 5.74) is 0.322. The molecule has 1 aliphatic rings. The van der Waals surface area contributed by atoms with Crippen molar-refractivity contribution in [2.75, 3.05) is 13.1 Å². The van der Waals surface area contributed by atoms with Crippen LogP contribution in [-0.4, -0.2) is 39.9 Å². The fourth-order valence-corrected chi connectivity index (χ4v) is 2.57. The second kappa shape index (κ2) is 5.90. The minimum absolute atomic E-state index is 0.0637. The molecule has 1 fully saturated rings. The number of likely N-dealkylation sites (tertiary alicyclic amines) is 1. The first kappa shape index (κ1) is 15.0. The van der Waals surface area contributed by atoms with Gasteiger partial charge in [0.05, 0.1) is 10.8 Å². The third kappa shape index (κ3) is 3.01. The van der Waals surface area contributed by atoms with Crippen molar-refractivity contribution >= 4 is 17.6 Å². The molecule has 0 saturated carbocycles. The molecule has 1 amide bonds. The number of benzene rings is 1. The number of carboxylic acid groups (broad SMARTS) is 1. The van der Waals surface area contributed by atoms with Gasteiger partial charge in [-0.3, -0.25) is 19.7 Å². The Labute approximate surface area is 121 Å². The lowest BCUT2D eigenvalue weighted by Crippen LogP contribution is -2.40. The summed E-state index contributed by atoms with van der Waals surface area (Å²) in [6.07, 6.45) is 0.751. The smallest absolute Gasteiger partial charge is 0.306 e. The van der Waals surface area contributed by atoms with Crippen molar-refractivity contribution in [2.45, 2.75) is 19.8 Å². The normalized spacial score (nSPS) is 15.8. The third-order valence-corrected chi connectivity index (χ3v) is 3.78. The highest BCUT2D eigenvalue weighted by molar-refractivity contribution is 5.98. The summed E-state index contributed by atoms with van der Waals surface area (Å²) in [4.78, 5) is 35.4. The van der Waals surface area contributed by atoms with Crippen LogP contribution in [0.5, 0.6) is 0 Å². The van der Waals surface area contributed by atoms with Gasteiger partial charge in [0.1, 0.15) is 5.56 Å². The fraction of sp³-hybridized carbons (Fsp3) is 0.429. The summed E-state index contributed by atoms with van der Waals surface area (Å²) in [6.45, 7) is 2.20. The number of carboxylic acids is 1. The van der Waals surface area contributed by atoms with E-state index in [9.17, 15) is 19.7 Å². The molecule has 1 heterocycles. The average Bonchev–Trinajstić information content (AvgIpc) is 2.46. The second-order valence-electron chi connectivity index (χ2n) is 5.13. The summed E-state index contributed by atoms with van der Waals surface area (Å²) in [5.74, 6) is -1.71. The maximum atomic E-state index is 12.4. The number of carbonyl (C=O) groups is 2. The predicted octanol–water partition coefficient (Wildman–Crippen LogP) is 1.84. The van der Waals surface area contributed by atoms with E-state index in [0.717, 1.165) is 0 Å². The van der Waals surface area contributed by atoms with Crippen molar-refractivity contribution in [3.05, 3.63) is 39.4 Å². The van der Waals surface area contributed by atoms with Gasteiger partial charge in [-0.05, 0) is 25.8 Å². The molecule has 7 heteroatoms. The molecule has 0 aromatic heterocycles. The topological polar surface area (TPSA) is 101 Å². The van der Waals surface area contributed by atoms with Crippen LogP contribution < -0.4 is 0 Å². The van der Waals surface area contributed by atoms with Crippen molar-refractivity contribution in [2.24, 2.45) is 5.92 Å². The molecule has 0 spiro atoms. The van der Waals surface area contributed by atoms with Gasteiger partial charge in [0.2, 0.25) is 0 Å². The first-order valence-electron chi connectivity index (χ1n) is 6.68. The number of aryl methyl sites for hydroxylation is 1. The summed E-state index contributed by atoms with van der Waals surface area (Å²) < 4.78 is 0. The van der Waals surface area contributed by atoms with Crippen LogP contribution in [0.2, 0.25) is 0 Å². The molecule has 1 N–H and O–H groups in total. The summed E-state index contributed by atoms with van der Waals surface area (Å²) >= 11 is 0. The minimum atomic E-state index is -0.858. The molecule has 21 heavy (non-hydrogen) atoms. The van der Waals surface area contributed by atoms with Crippen molar-refractivity contribution in [3.63, 3.8) is 0 Å². The number of nitro benzene ring substituents is 1. The van der Waals surface area contributed by atoms with E-state index in [1.807, 2.05) is 0 Å². The molecule has 1 aromatic carbocycles. The summed E-state index contributed by atoms with van der Waals surface area (Å²) in [7, 11) is 0. The zero-order valence-electron chi connectivity index (χ0n) is 11.6. The van der Waals surface area contributed by atoms with Gasteiger partial charge >= 0.3 is 5.97 Å². The van der Waals surface area contributed by atoms with E-state index >= 15 is 0 Å². The van der Waals surface area contributed by atoms with Gasteiger partial charge in [0, 0.05) is 18.7 Å². The van der Waals surface area contributed by atoms with Crippen LogP contribution >= 0.6 is 0 Å². The number of carbonyl (C=O) groups excluding carboxylic acids is 1. The molecule has 2 rings (SSSR count). The molecule has 1 saturated heterocycles. The number of piperidine rings is 1. The van der Waals surface area contributed by atoms with Crippen LogP contribution in [0.15, 0.2) is 18.2 Å². The maximum Gasteiger partial charge on any atom is 0.306 e. The van der Waals surface area contributed by atoms with Crippen molar-refractivity contribution in [1.82, 2.24) is 4.90 Å². The number of nitrogens with zero attached hydrogens (tertiary/aromatic N) is 2. The molecule has 1 aromatic rings. The number of hydrogen-bond acceptors (Lipinski definition) is 4. The largest absolute Gasteiger partial charge is 0.481 e. The number of amides is 1. The Morgan fingerprint density at radius 3 is 2.48 bits per heavy atom. The average molecular weight is 292 g/mol. The first-order valence-corrected chi connectivity index (χ1v) is 6.68. The van der Waals surface area contributed by atoms with E-state index in [2.05, 4.69) is 0 Å². The summed E-state index contributed by atoms with van der Waals surface area (Å²) in [5, 5.41) is 20.1. The second-order valence-corrected chi connectivity index (χ2v) is 5.13. The SMILES string of the molecule is Cc1cccc(C(=O)N2CCC(C(=O)O)CC2)c1[N+](=O)[O-]. The number of para-hydroxylation sites is 1. The molecule has 0 bridgehead atoms. The van der Waals surface area contributed by atoms with E-state index < -0.39 is 22.7 Å². The Bertz CT molecular complexity index is 591. The van der Waals surface area contributed by atoms with E-state index in [1.54, 1.807) is 19.1 Å². The molecule has 0 unspecified atom stereocenters. The monoisotopic (exact) mass is 292 g/mol. The molecule has 1 aliphatic heterocycles. The zero-order chi connectivity index (χ0) is 15.6. The van der Waals surface area contributed by atoms with Crippen molar-refractivity contribution < 1.29 is 19.6 Å². The molecule has 112 valence electrons. The van der Waals surface area contributed by atoms with Crippen LogP contribution in [0.4, 0.5) is 5.69 Å². The maximum absolute atomic E-state index is 12.4. The van der Waals surface area contributed by atoms with Crippen molar-refractivity contribution in [3.8, 4) is 0 Å². The first-order chi connectivity index (χ1) is 9.91. The minimum Gasteiger partial charge on any atom is -0.481 e. The van der Waals surface area contributed by atoms with Gasteiger partial charge in [0.25, 0.3) is 11.6 Å². The number of nitro groups is 1. The number of aliphatic carboxylic acids is 1. The Morgan fingerprint density at radius 1 is 1.33 bits per heavy atom. The van der Waals surface area contributed by atoms with Crippen LogP contribution in [0, 0.1) is 23.0 Å². The quantitative estimate of drug-likeness (QED) is 0.676. The molecular formula is C14H16N2O5. The Morgan fingerprint density at radius 2 is 1.95 bits per heavy atom. The van der Waals surface area contributed by atoms with Gasteiger partial charge in [-0.25, -0.2) is 0 Å². The van der Waals surface area contributed by atoms with E-state index in [1.165, 1.54) is 11.0 Å². The molecule has 7 nitrogen and oxygen atoms in total. The number of rotatable bonds is 3. The summed E-state index contributed by atoms with van der Waals surface area (Å²) in [6, 6.07) is 4.64. The van der Waals surface area contributed by atoms with Crippen LogP contribution in [0.3, 0.4) is 0 Å². The number of hydrogen-bond donors (Lipinski definition) is 1. The zero-order valence-corrected chi connectivity index (χ0v) is 11.6. The van der Waals surface area contributed by atoms with Crippen molar-refractivity contribution in [1.29, 1.82) is 0 Å². The predicted molar refractivity (Wildman–Crippen MR) is 74.1 cm³/mol. The van der Waals surface area contributed by atoms with Crippen LogP contribution in [0.1, 0.15) is 28.8 Å². The van der Waals surface area contributed by atoms with Gasteiger partial charge < -0.3 is 10.0 Å². The highest BCUT2D eigenvalue weighted by atomic mass is 16.6. The lowest BCUT2D eigenvalue weighted by Gasteiger charge is -2.30. The van der Waals surface area contributed by atoms with Gasteiger partial charge in [0.15, 0.2) is 0 Å². The van der Waals surface area contributed by atoms with Crippen LogP contribution in [-0.2, 0) is 4.79 Å². The fourth-order valence-electron chi connectivity index (χ4n) is 2.57. The molecule has 0 atom stereocenters. The molecule has 0 radical (unpaired) electrons. The standard InChI is InChI=1S/C14H16N2O5/c1-9-3-2-4-11(12(9)16(20)21)13(17)15-7-5-10(6-8-15)14(18)19/h2-4,10H,5-8H2,1H3,(H,18,19). The third-order valence-electron chi connectivity index (χ3n) is 3.78. The lowest BCUT2D eigenvalue weighted by atomic mass is 9.96. The van der Waals surface area contributed by atoms with E-state index in [-0.39, 0.29) is 11.3 Å². The van der Waals surface area contributed by atoms with Gasteiger partial charge in [-0.1, -0.05) is 12.1 Å². The Hall–Kier alpha value is -2.44. The van der Waals surface area contributed by atoms with Crippen LogP contribution in [0.25, 0.3) is 0 Å². The Kier molecular flexibility index (Phi) is 4.21. The van der Waals surface area contributed by atoms with E-state index in [4.69, 9.17) is 5.11 Å².